The summed E-state index contributed by atoms with van der Waals surface area (Å²) < 4.78 is 2.71. The summed E-state index contributed by atoms with van der Waals surface area (Å²) in [7, 11) is 0. The minimum absolute atomic E-state index is 0.128. The van der Waals surface area contributed by atoms with Gasteiger partial charge < -0.3 is 0 Å². The third kappa shape index (κ3) is 4.65. The third-order valence-corrected chi connectivity index (χ3v) is 13.5. The molecule has 0 fully saturated rings. The fraction of sp³-hybridized carbons (Fsp3) is 0.0545. The Labute approximate surface area is 331 Å². The first-order valence-electron chi connectivity index (χ1n) is 19.4. The molecule has 1 heterocycles. The number of hydrogen-bond acceptors (Lipinski definition) is 1. The minimum atomic E-state index is -0.128. The molecule has 11 rings (SSSR count). The number of fused-ring (bicyclic) bond motifs is 11. The molecule has 0 spiro atoms. The van der Waals surface area contributed by atoms with Crippen LogP contribution in [0.4, 0.5) is 0 Å². The van der Waals surface area contributed by atoms with Gasteiger partial charge in [0.2, 0.25) is 0 Å². The summed E-state index contributed by atoms with van der Waals surface area (Å²) in [5, 5.41) is 10.3. The largest absolute Gasteiger partial charge is 0.135 e. The standard InChI is InChI=1S/C55H38S/c1-5-34-14-6-7-15-39(34)33(2)50-40-16-8-10-18-42(40)51(43-19-11-9-17-41(43)50)36-24-22-35(23-25-36)38-27-30-47-46(32-38)44-29-26-37-28-31-49-53(52(37)54(44)55(47,3)4)45-20-12-13-21-48(45)56-49/h5-32H,1-2H2,3-4H3. The summed E-state index contributed by atoms with van der Waals surface area (Å²) in [6.07, 6.45) is 1.92. The Morgan fingerprint density at radius 2 is 1.14 bits per heavy atom. The SMILES string of the molecule is C=Cc1ccccc1C(=C)c1c2ccccc2c(-c2ccc(-c3ccc4c(c3)-c3ccc5ccc6sc7ccccc7c6c5c3C4(C)C)cc2)c2ccccc12. The maximum absolute atomic E-state index is 4.69. The van der Waals surface area contributed by atoms with Crippen LogP contribution < -0.4 is 0 Å². The van der Waals surface area contributed by atoms with Gasteiger partial charge in [-0.05, 0) is 117 Å². The van der Waals surface area contributed by atoms with E-state index in [1.165, 1.54) is 103 Å². The van der Waals surface area contributed by atoms with Crippen molar-refractivity contribution in [1.29, 1.82) is 0 Å². The van der Waals surface area contributed by atoms with E-state index in [9.17, 15) is 0 Å². The smallest absolute Gasteiger partial charge is 0.0361 e. The van der Waals surface area contributed by atoms with Crippen LogP contribution in [0.3, 0.4) is 0 Å². The van der Waals surface area contributed by atoms with Crippen LogP contribution in [0.1, 0.15) is 41.7 Å². The van der Waals surface area contributed by atoms with E-state index >= 15 is 0 Å². The molecule has 0 N–H and O–H groups in total. The summed E-state index contributed by atoms with van der Waals surface area (Å²) in [6.45, 7) is 13.6. The van der Waals surface area contributed by atoms with Gasteiger partial charge in [0, 0.05) is 25.6 Å². The monoisotopic (exact) mass is 730 g/mol. The quantitative estimate of drug-likeness (QED) is 0.155. The Hall–Kier alpha value is -6.54. The molecule has 0 atom stereocenters. The second-order valence-electron chi connectivity index (χ2n) is 15.7. The van der Waals surface area contributed by atoms with Crippen LogP contribution in [0.25, 0.3) is 97.5 Å². The van der Waals surface area contributed by atoms with Crippen molar-refractivity contribution in [2.24, 2.45) is 0 Å². The summed E-state index contributed by atoms with van der Waals surface area (Å²) in [4.78, 5) is 0. The van der Waals surface area contributed by atoms with Gasteiger partial charge in [-0.2, -0.15) is 0 Å². The van der Waals surface area contributed by atoms with Gasteiger partial charge in [0.1, 0.15) is 0 Å². The average Bonchev–Trinajstić information content (AvgIpc) is 3.74. The number of thiophene rings is 1. The lowest BCUT2D eigenvalue weighted by molar-refractivity contribution is 0.667. The van der Waals surface area contributed by atoms with Crippen LogP contribution in [-0.4, -0.2) is 0 Å². The lowest BCUT2D eigenvalue weighted by Crippen LogP contribution is -2.15. The van der Waals surface area contributed by atoms with Gasteiger partial charge in [-0.25, -0.2) is 0 Å². The first-order valence-corrected chi connectivity index (χ1v) is 20.2. The van der Waals surface area contributed by atoms with E-state index in [4.69, 9.17) is 0 Å². The molecule has 0 nitrogen and oxygen atoms in total. The molecule has 0 radical (unpaired) electrons. The average molecular weight is 731 g/mol. The summed E-state index contributed by atoms with van der Waals surface area (Å²) in [5.41, 5.74) is 14.7. The van der Waals surface area contributed by atoms with Crippen molar-refractivity contribution in [2.45, 2.75) is 19.3 Å². The van der Waals surface area contributed by atoms with E-state index in [0.29, 0.717) is 0 Å². The zero-order valence-electron chi connectivity index (χ0n) is 31.5. The van der Waals surface area contributed by atoms with Crippen LogP contribution in [0.15, 0.2) is 177 Å². The molecule has 1 aliphatic carbocycles. The Morgan fingerprint density at radius 1 is 0.536 bits per heavy atom. The predicted octanol–water partition coefficient (Wildman–Crippen LogP) is 15.9. The van der Waals surface area contributed by atoms with Crippen molar-refractivity contribution < 1.29 is 0 Å². The van der Waals surface area contributed by atoms with Crippen LogP contribution in [0, 0.1) is 0 Å². The molecule has 0 saturated heterocycles. The fourth-order valence-electron chi connectivity index (χ4n) is 9.81. The minimum Gasteiger partial charge on any atom is -0.135 e. The van der Waals surface area contributed by atoms with Crippen molar-refractivity contribution in [1.82, 2.24) is 0 Å². The van der Waals surface area contributed by atoms with Gasteiger partial charge in [0.25, 0.3) is 0 Å². The van der Waals surface area contributed by atoms with E-state index in [1.807, 2.05) is 17.4 Å². The number of benzene rings is 9. The van der Waals surface area contributed by atoms with Gasteiger partial charge in [-0.3, -0.25) is 0 Å². The highest BCUT2D eigenvalue weighted by Crippen LogP contribution is 2.54. The highest BCUT2D eigenvalue weighted by Gasteiger charge is 2.37. The molecule has 264 valence electrons. The second kappa shape index (κ2) is 12.2. The van der Waals surface area contributed by atoms with Crippen molar-refractivity contribution in [3.63, 3.8) is 0 Å². The van der Waals surface area contributed by atoms with Crippen LogP contribution >= 0.6 is 11.3 Å². The van der Waals surface area contributed by atoms with Gasteiger partial charge in [0.15, 0.2) is 0 Å². The first kappa shape index (κ1) is 32.9. The maximum Gasteiger partial charge on any atom is 0.0361 e. The lowest BCUT2D eigenvalue weighted by atomic mass is 9.79. The van der Waals surface area contributed by atoms with Crippen molar-refractivity contribution in [3.05, 3.63) is 205 Å². The van der Waals surface area contributed by atoms with Crippen molar-refractivity contribution >= 4 is 75.5 Å². The number of hydrogen-bond donors (Lipinski definition) is 0. The van der Waals surface area contributed by atoms with E-state index in [1.54, 1.807) is 0 Å². The molecule has 10 aromatic rings. The summed E-state index contributed by atoms with van der Waals surface area (Å²) in [6, 6.07) is 60.6. The molecule has 1 aromatic heterocycles. The van der Waals surface area contributed by atoms with Crippen LogP contribution in [-0.2, 0) is 5.41 Å². The first-order chi connectivity index (χ1) is 27.4. The maximum atomic E-state index is 4.69. The zero-order valence-corrected chi connectivity index (χ0v) is 32.3. The highest BCUT2D eigenvalue weighted by molar-refractivity contribution is 7.26. The van der Waals surface area contributed by atoms with E-state index in [2.05, 4.69) is 191 Å². The Balaban J connectivity index is 1.05. The normalized spacial score (nSPS) is 13.1. The van der Waals surface area contributed by atoms with E-state index < -0.39 is 0 Å². The molecule has 0 saturated carbocycles. The summed E-state index contributed by atoms with van der Waals surface area (Å²) in [5.74, 6) is 0. The lowest BCUT2D eigenvalue weighted by Gasteiger charge is -2.24. The van der Waals surface area contributed by atoms with Crippen LogP contribution in [0.5, 0.6) is 0 Å². The van der Waals surface area contributed by atoms with Gasteiger partial charge >= 0.3 is 0 Å². The molecule has 56 heavy (non-hydrogen) atoms. The van der Waals surface area contributed by atoms with Crippen molar-refractivity contribution in [2.75, 3.05) is 0 Å². The molecular weight excluding hydrogens is 693 g/mol. The van der Waals surface area contributed by atoms with Gasteiger partial charge in [0.05, 0.1) is 0 Å². The van der Waals surface area contributed by atoms with Crippen LogP contribution in [0.2, 0.25) is 0 Å². The Kier molecular flexibility index (Phi) is 7.18. The molecule has 0 unspecified atom stereocenters. The topological polar surface area (TPSA) is 0 Å². The molecule has 1 heteroatoms. The molecule has 0 aliphatic heterocycles. The molecule has 0 bridgehead atoms. The van der Waals surface area contributed by atoms with Gasteiger partial charge in [-0.1, -0.05) is 179 Å². The highest BCUT2D eigenvalue weighted by atomic mass is 32.1. The van der Waals surface area contributed by atoms with E-state index in [0.717, 1.165) is 16.7 Å². The molecular formula is C55H38S. The fourth-order valence-corrected chi connectivity index (χ4v) is 10.9. The molecule has 9 aromatic carbocycles. The van der Waals surface area contributed by atoms with E-state index in [-0.39, 0.29) is 5.41 Å². The summed E-state index contributed by atoms with van der Waals surface area (Å²) >= 11 is 1.90. The Bertz CT molecular complexity index is 3240. The molecule has 0 amide bonds. The number of rotatable bonds is 5. The van der Waals surface area contributed by atoms with Gasteiger partial charge in [-0.15, -0.1) is 11.3 Å². The molecule has 1 aliphatic rings. The Morgan fingerprint density at radius 3 is 1.88 bits per heavy atom. The predicted molar refractivity (Wildman–Crippen MR) is 245 cm³/mol. The third-order valence-electron chi connectivity index (χ3n) is 12.4. The van der Waals surface area contributed by atoms with Crippen molar-refractivity contribution in [3.8, 4) is 33.4 Å². The second-order valence-corrected chi connectivity index (χ2v) is 16.8. The zero-order chi connectivity index (χ0) is 37.7.